The molecule has 3 nitrogen and oxygen atoms in total. The third-order valence-electron chi connectivity index (χ3n) is 2.93. The maximum atomic E-state index is 4.70. The third-order valence-corrected chi connectivity index (χ3v) is 4.40. The van der Waals surface area contributed by atoms with Gasteiger partial charge in [0.25, 0.3) is 0 Å². The van der Waals surface area contributed by atoms with Crippen molar-refractivity contribution in [1.82, 2.24) is 14.5 Å². The van der Waals surface area contributed by atoms with Gasteiger partial charge in [-0.3, -0.25) is 0 Å². The Bertz CT molecular complexity index is 701. The fourth-order valence-corrected chi connectivity index (χ4v) is 3.43. The third kappa shape index (κ3) is 1.78. The van der Waals surface area contributed by atoms with Crippen LogP contribution in [-0.4, -0.2) is 14.5 Å². The standard InChI is InChI=1S/C13H12BrN3S/c1-3-17-7-9(14)11-8(2)15-12(16-13(11)17)10-5-4-6-18-10/h4-7H,3H2,1-2H3. The van der Waals surface area contributed by atoms with Crippen molar-refractivity contribution in [1.29, 1.82) is 0 Å². The molecule has 0 saturated heterocycles. The van der Waals surface area contributed by atoms with Crippen LogP contribution in [0.3, 0.4) is 0 Å². The zero-order valence-electron chi connectivity index (χ0n) is 10.1. The molecule has 0 radical (unpaired) electrons. The number of aryl methyl sites for hydroxylation is 2. The second-order valence-corrected chi connectivity index (χ2v) is 5.87. The minimum atomic E-state index is 0.815. The largest absolute Gasteiger partial charge is 0.331 e. The topological polar surface area (TPSA) is 30.7 Å². The molecule has 0 spiro atoms. The highest BCUT2D eigenvalue weighted by Gasteiger charge is 2.13. The average molecular weight is 322 g/mol. The van der Waals surface area contributed by atoms with Crippen molar-refractivity contribution >= 4 is 38.3 Å². The number of thiophene rings is 1. The molecule has 0 atom stereocenters. The highest BCUT2D eigenvalue weighted by atomic mass is 79.9. The summed E-state index contributed by atoms with van der Waals surface area (Å²) < 4.78 is 3.21. The van der Waals surface area contributed by atoms with Gasteiger partial charge in [-0.25, -0.2) is 9.97 Å². The summed E-state index contributed by atoms with van der Waals surface area (Å²) in [5.41, 5.74) is 2.02. The first kappa shape index (κ1) is 11.9. The number of halogens is 1. The fraction of sp³-hybridized carbons (Fsp3) is 0.231. The Balaban J connectivity index is 2.32. The molecule has 3 aromatic heterocycles. The molecule has 3 rings (SSSR count). The van der Waals surface area contributed by atoms with Crippen LogP contribution in [0.2, 0.25) is 0 Å². The van der Waals surface area contributed by atoms with Gasteiger partial charge in [0.15, 0.2) is 5.82 Å². The van der Waals surface area contributed by atoms with Crippen molar-refractivity contribution in [3.63, 3.8) is 0 Å². The zero-order valence-corrected chi connectivity index (χ0v) is 12.5. The van der Waals surface area contributed by atoms with Gasteiger partial charge in [-0.05, 0) is 41.2 Å². The molecule has 3 heterocycles. The van der Waals surface area contributed by atoms with Crippen LogP contribution >= 0.6 is 27.3 Å². The van der Waals surface area contributed by atoms with Crippen molar-refractivity contribution < 1.29 is 0 Å². The van der Waals surface area contributed by atoms with Gasteiger partial charge in [0, 0.05) is 17.2 Å². The van der Waals surface area contributed by atoms with Gasteiger partial charge in [-0.1, -0.05) is 6.07 Å². The van der Waals surface area contributed by atoms with Gasteiger partial charge in [-0.2, -0.15) is 0 Å². The highest BCUT2D eigenvalue weighted by molar-refractivity contribution is 9.10. The van der Waals surface area contributed by atoms with Crippen LogP contribution in [0.1, 0.15) is 12.6 Å². The van der Waals surface area contributed by atoms with Crippen molar-refractivity contribution in [3.8, 4) is 10.7 Å². The van der Waals surface area contributed by atoms with Gasteiger partial charge < -0.3 is 4.57 Å². The Morgan fingerprint density at radius 3 is 2.89 bits per heavy atom. The lowest BCUT2D eigenvalue weighted by Gasteiger charge is -2.04. The Hall–Kier alpha value is -1.20. The first-order valence-electron chi connectivity index (χ1n) is 5.77. The fourth-order valence-electron chi connectivity index (χ4n) is 2.06. The van der Waals surface area contributed by atoms with Crippen molar-refractivity contribution in [2.75, 3.05) is 0 Å². The van der Waals surface area contributed by atoms with E-state index in [9.17, 15) is 0 Å². The molecule has 3 aromatic rings. The van der Waals surface area contributed by atoms with E-state index in [2.05, 4.69) is 44.7 Å². The molecule has 18 heavy (non-hydrogen) atoms. The van der Waals surface area contributed by atoms with Gasteiger partial charge in [0.1, 0.15) is 5.65 Å². The lowest BCUT2D eigenvalue weighted by molar-refractivity contribution is 0.785. The van der Waals surface area contributed by atoms with E-state index >= 15 is 0 Å². The smallest absolute Gasteiger partial charge is 0.171 e. The summed E-state index contributed by atoms with van der Waals surface area (Å²) in [5.74, 6) is 0.815. The molecule has 0 unspecified atom stereocenters. The van der Waals surface area contributed by atoms with Crippen molar-refractivity contribution in [2.24, 2.45) is 0 Å². The molecule has 0 aromatic carbocycles. The number of nitrogens with zero attached hydrogens (tertiary/aromatic N) is 3. The van der Waals surface area contributed by atoms with E-state index in [4.69, 9.17) is 4.98 Å². The summed E-state index contributed by atoms with van der Waals surface area (Å²) in [7, 11) is 0. The lowest BCUT2D eigenvalue weighted by atomic mass is 10.3. The van der Waals surface area contributed by atoms with E-state index < -0.39 is 0 Å². The number of rotatable bonds is 2. The molecule has 0 N–H and O–H groups in total. The predicted octanol–water partition coefficient (Wildman–Crippen LogP) is 4.25. The molecule has 0 aliphatic rings. The lowest BCUT2D eigenvalue weighted by Crippen LogP contribution is -1.97. The summed E-state index contributed by atoms with van der Waals surface area (Å²) in [6.45, 7) is 5.06. The molecule has 0 amide bonds. The van der Waals surface area contributed by atoms with Crippen LogP contribution in [0.5, 0.6) is 0 Å². The number of aromatic nitrogens is 3. The van der Waals surface area contributed by atoms with Gasteiger partial charge >= 0.3 is 0 Å². The van der Waals surface area contributed by atoms with E-state index in [-0.39, 0.29) is 0 Å². The Morgan fingerprint density at radius 2 is 2.22 bits per heavy atom. The molecule has 5 heteroatoms. The van der Waals surface area contributed by atoms with Gasteiger partial charge in [0.05, 0.1) is 16.0 Å². The predicted molar refractivity (Wildman–Crippen MR) is 79.0 cm³/mol. The second kappa shape index (κ2) is 4.48. The van der Waals surface area contributed by atoms with E-state index in [1.54, 1.807) is 11.3 Å². The molecular formula is C13H12BrN3S. The molecular weight excluding hydrogens is 310 g/mol. The minimum Gasteiger partial charge on any atom is -0.331 e. The summed E-state index contributed by atoms with van der Waals surface area (Å²) in [6, 6.07) is 4.08. The maximum Gasteiger partial charge on any atom is 0.171 e. The molecule has 0 fully saturated rings. The zero-order chi connectivity index (χ0) is 12.7. The maximum absolute atomic E-state index is 4.70. The Labute approximate surface area is 118 Å². The van der Waals surface area contributed by atoms with Crippen LogP contribution in [-0.2, 0) is 6.54 Å². The van der Waals surface area contributed by atoms with E-state index in [0.29, 0.717) is 0 Å². The molecule has 0 saturated carbocycles. The molecule has 0 aliphatic carbocycles. The Kier molecular flexibility index (Phi) is 2.95. The SMILES string of the molecule is CCn1cc(Br)c2c(C)nc(-c3cccs3)nc21. The monoisotopic (exact) mass is 321 g/mol. The molecule has 92 valence electrons. The highest BCUT2D eigenvalue weighted by Crippen LogP contribution is 2.30. The summed E-state index contributed by atoms with van der Waals surface area (Å²) >= 11 is 5.25. The molecule has 0 bridgehead atoms. The first-order valence-corrected chi connectivity index (χ1v) is 7.45. The summed E-state index contributed by atoms with van der Waals surface area (Å²) in [6.07, 6.45) is 2.07. The summed E-state index contributed by atoms with van der Waals surface area (Å²) in [5, 5.41) is 3.16. The van der Waals surface area contributed by atoms with Gasteiger partial charge in [0.2, 0.25) is 0 Å². The van der Waals surface area contributed by atoms with Crippen LogP contribution in [0.4, 0.5) is 0 Å². The number of hydrogen-bond donors (Lipinski definition) is 0. The Morgan fingerprint density at radius 1 is 1.39 bits per heavy atom. The number of hydrogen-bond acceptors (Lipinski definition) is 3. The number of fused-ring (bicyclic) bond motifs is 1. The minimum absolute atomic E-state index is 0.815. The normalized spacial score (nSPS) is 11.3. The van der Waals surface area contributed by atoms with E-state index in [1.165, 1.54) is 0 Å². The van der Waals surface area contributed by atoms with Crippen molar-refractivity contribution in [2.45, 2.75) is 20.4 Å². The van der Waals surface area contributed by atoms with Crippen LogP contribution in [0, 0.1) is 6.92 Å². The average Bonchev–Trinajstić information content (AvgIpc) is 2.97. The van der Waals surface area contributed by atoms with Gasteiger partial charge in [-0.15, -0.1) is 11.3 Å². The van der Waals surface area contributed by atoms with Crippen LogP contribution in [0.15, 0.2) is 28.2 Å². The quantitative estimate of drug-likeness (QED) is 0.706. The van der Waals surface area contributed by atoms with Crippen LogP contribution in [0.25, 0.3) is 21.7 Å². The molecule has 0 aliphatic heterocycles. The first-order chi connectivity index (χ1) is 8.70. The van der Waals surface area contributed by atoms with E-state index in [1.807, 2.05) is 18.4 Å². The van der Waals surface area contributed by atoms with E-state index in [0.717, 1.165) is 38.4 Å². The summed E-state index contributed by atoms with van der Waals surface area (Å²) in [4.78, 5) is 10.4. The van der Waals surface area contributed by atoms with Crippen molar-refractivity contribution in [3.05, 3.63) is 33.9 Å². The van der Waals surface area contributed by atoms with Crippen LogP contribution < -0.4 is 0 Å². The second-order valence-electron chi connectivity index (χ2n) is 4.07.